The van der Waals surface area contributed by atoms with Crippen molar-refractivity contribution in [2.45, 2.75) is 6.54 Å². The van der Waals surface area contributed by atoms with Crippen LogP contribution >= 0.6 is 11.6 Å². The molecule has 3 aromatic carbocycles. The highest BCUT2D eigenvalue weighted by atomic mass is 35.5. The average Bonchev–Trinajstić information content (AvgIpc) is 2.82. The van der Waals surface area contributed by atoms with Gasteiger partial charge in [-0.15, -0.1) is 0 Å². The van der Waals surface area contributed by atoms with Gasteiger partial charge in [-0.3, -0.25) is 4.79 Å². The maximum Gasteiger partial charge on any atom is 0.344 e. The highest BCUT2D eigenvalue weighted by molar-refractivity contribution is 6.30. The van der Waals surface area contributed by atoms with Crippen LogP contribution in [0.1, 0.15) is 15.9 Å². The number of rotatable bonds is 5. The van der Waals surface area contributed by atoms with Crippen molar-refractivity contribution in [3.8, 4) is 22.4 Å². The number of carbonyl (C=O) groups excluding carboxylic acids is 1. The summed E-state index contributed by atoms with van der Waals surface area (Å²) < 4.78 is 6.29. The van der Waals surface area contributed by atoms with Gasteiger partial charge in [0.15, 0.2) is 0 Å². The second-order valence-corrected chi connectivity index (χ2v) is 7.35. The molecule has 4 rings (SSSR count). The van der Waals surface area contributed by atoms with E-state index in [2.05, 4.69) is 5.10 Å². The first kappa shape index (κ1) is 20.6. The van der Waals surface area contributed by atoms with E-state index in [4.69, 9.17) is 16.3 Å². The predicted octanol–water partition coefficient (Wildman–Crippen LogP) is 5.07. The Hall–Kier alpha value is -3.70. The summed E-state index contributed by atoms with van der Waals surface area (Å²) in [6.45, 7) is 0.189. The van der Waals surface area contributed by atoms with E-state index < -0.39 is 11.5 Å². The zero-order valence-electron chi connectivity index (χ0n) is 16.8. The lowest BCUT2D eigenvalue weighted by Crippen LogP contribution is -2.31. The van der Waals surface area contributed by atoms with Gasteiger partial charge in [-0.2, -0.15) is 5.10 Å². The Balaban J connectivity index is 2.01. The molecule has 0 aliphatic rings. The lowest BCUT2D eigenvalue weighted by Gasteiger charge is -2.16. The molecule has 5 nitrogen and oxygen atoms in total. The van der Waals surface area contributed by atoms with E-state index in [-0.39, 0.29) is 12.1 Å². The smallest absolute Gasteiger partial charge is 0.344 e. The molecule has 0 bridgehead atoms. The molecule has 1 aromatic heterocycles. The van der Waals surface area contributed by atoms with Crippen LogP contribution in [0.25, 0.3) is 22.4 Å². The number of esters is 1. The second kappa shape index (κ2) is 8.98. The van der Waals surface area contributed by atoms with Crippen molar-refractivity contribution in [3.05, 3.63) is 111 Å². The van der Waals surface area contributed by atoms with Gasteiger partial charge in [0, 0.05) is 16.1 Å². The van der Waals surface area contributed by atoms with Gasteiger partial charge < -0.3 is 4.74 Å². The Labute approximate surface area is 184 Å². The van der Waals surface area contributed by atoms with Crippen molar-refractivity contribution in [3.63, 3.8) is 0 Å². The molecule has 0 amide bonds. The van der Waals surface area contributed by atoms with E-state index in [1.54, 1.807) is 12.1 Å². The Kier molecular flexibility index (Phi) is 5.96. The summed E-state index contributed by atoms with van der Waals surface area (Å²) in [7, 11) is 1.27. The minimum atomic E-state index is -0.701. The summed E-state index contributed by atoms with van der Waals surface area (Å²) in [6, 6.07) is 25.9. The summed E-state index contributed by atoms with van der Waals surface area (Å²) in [6.07, 6.45) is 0. The van der Waals surface area contributed by atoms with Crippen molar-refractivity contribution in [1.29, 1.82) is 0 Å². The number of hydrogen-bond acceptors (Lipinski definition) is 4. The fourth-order valence-electron chi connectivity index (χ4n) is 3.42. The van der Waals surface area contributed by atoms with E-state index in [0.29, 0.717) is 21.8 Å². The molecule has 0 unspecified atom stereocenters. The van der Waals surface area contributed by atoms with Gasteiger partial charge in [-0.25, -0.2) is 9.48 Å². The molecule has 0 saturated carbocycles. The molecule has 0 fully saturated rings. The number of hydrogen-bond donors (Lipinski definition) is 0. The van der Waals surface area contributed by atoms with Gasteiger partial charge in [0.2, 0.25) is 0 Å². The molecule has 4 aromatic rings. The zero-order chi connectivity index (χ0) is 21.8. The summed E-state index contributed by atoms with van der Waals surface area (Å²) in [4.78, 5) is 26.2. The first-order chi connectivity index (χ1) is 15.1. The second-order valence-electron chi connectivity index (χ2n) is 6.91. The van der Waals surface area contributed by atoms with Gasteiger partial charge in [0.1, 0.15) is 5.56 Å². The molecular weight excluding hydrogens is 412 g/mol. The third-order valence-corrected chi connectivity index (χ3v) is 5.15. The maximum absolute atomic E-state index is 13.4. The molecule has 0 saturated heterocycles. The Morgan fingerprint density at radius 3 is 2.06 bits per heavy atom. The van der Waals surface area contributed by atoms with Gasteiger partial charge >= 0.3 is 5.97 Å². The number of halogens is 1. The standard InChI is InChI=1S/C25H19ClN2O3/c1-31-25(30)22-21(18-8-4-2-5-9-18)23(19-10-6-3-7-11-19)27-28(24(22)29)16-17-12-14-20(26)15-13-17/h2-15H,16H2,1H3. The van der Waals surface area contributed by atoms with Crippen molar-refractivity contribution in [2.24, 2.45) is 0 Å². The number of carbonyl (C=O) groups is 1. The first-order valence-electron chi connectivity index (χ1n) is 9.67. The molecule has 0 spiro atoms. The van der Waals surface area contributed by atoms with Crippen LogP contribution in [0.5, 0.6) is 0 Å². The molecule has 0 aliphatic carbocycles. The summed E-state index contributed by atoms with van der Waals surface area (Å²) in [5.41, 5.74) is 2.76. The van der Waals surface area contributed by atoms with Crippen molar-refractivity contribution < 1.29 is 9.53 Å². The lowest BCUT2D eigenvalue weighted by molar-refractivity contribution is 0.0598. The predicted molar refractivity (Wildman–Crippen MR) is 121 cm³/mol. The molecular formula is C25H19ClN2O3. The minimum Gasteiger partial charge on any atom is -0.465 e. The number of ether oxygens (including phenoxy) is 1. The molecule has 0 N–H and O–H groups in total. The number of benzene rings is 3. The van der Waals surface area contributed by atoms with Gasteiger partial charge in [-0.05, 0) is 23.3 Å². The molecule has 0 aliphatic heterocycles. The van der Waals surface area contributed by atoms with E-state index >= 15 is 0 Å². The van der Waals surface area contributed by atoms with Crippen molar-refractivity contribution in [2.75, 3.05) is 7.11 Å². The summed E-state index contributed by atoms with van der Waals surface area (Å²) >= 11 is 5.98. The zero-order valence-corrected chi connectivity index (χ0v) is 17.5. The molecule has 0 atom stereocenters. The van der Waals surface area contributed by atoms with Crippen LogP contribution in [0.2, 0.25) is 5.02 Å². The minimum absolute atomic E-state index is 0.0449. The summed E-state index contributed by atoms with van der Waals surface area (Å²) in [5.74, 6) is -0.701. The quantitative estimate of drug-likeness (QED) is 0.415. The summed E-state index contributed by atoms with van der Waals surface area (Å²) in [5, 5.41) is 5.28. The Morgan fingerprint density at radius 1 is 0.903 bits per heavy atom. The first-order valence-corrected chi connectivity index (χ1v) is 10.0. The van der Waals surface area contributed by atoms with E-state index in [1.807, 2.05) is 72.8 Å². The van der Waals surface area contributed by atoms with E-state index in [9.17, 15) is 9.59 Å². The van der Waals surface area contributed by atoms with Crippen LogP contribution in [0.4, 0.5) is 0 Å². The van der Waals surface area contributed by atoms with Crippen LogP contribution in [0.3, 0.4) is 0 Å². The van der Waals surface area contributed by atoms with Crippen LogP contribution in [-0.4, -0.2) is 22.9 Å². The van der Waals surface area contributed by atoms with Crippen LogP contribution in [0, 0.1) is 0 Å². The van der Waals surface area contributed by atoms with Crippen molar-refractivity contribution in [1.82, 2.24) is 9.78 Å². The Morgan fingerprint density at radius 2 is 1.48 bits per heavy atom. The SMILES string of the molecule is COC(=O)c1c(-c2ccccc2)c(-c2ccccc2)nn(Cc2ccc(Cl)cc2)c1=O. The van der Waals surface area contributed by atoms with Gasteiger partial charge in [0.25, 0.3) is 5.56 Å². The number of aromatic nitrogens is 2. The normalized spacial score (nSPS) is 10.6. The fourth-order valence-corrected chi connectivity index (χ4v) is 3.54. The third kappa shape index (κ3) is 4.27. The lowest BCUT2D eigenvalue weighted by atomic mass is 9.95. The number of methoxy groups -OCH3 is 1. The molecule has 1 heterocycles. The van der Waals surface area contributed by atoms with Crippen LogP contribution in [0.15, 0.2) is 89.7 Å². The third-order valence-electron chi connectivity index (χ3n) is 4.90. The van der Waals surface area contributed by atoms with Crippen LogP contribution < -0.4 is 5.56 Å². The number of nitrogens with zero attached hydrogens (tertiary/aromatic N) is 2. The van der Waals surface area contributed by atoms with E-state index in [0.717, 1.165) is 11.1 Å². The fraction of sp³-hybridized carbons (Fsp3) is 0.0800. The van der Waals surface area contributed by atoms with E-state index in [1.165, 1.54) is 11.8 Å². The molecule has 31 heavy (non-hydrogen) atoms. The van der Waals surface area contributed by atoms with Gasteiger partial charge in [0.05, 0.1) is 19.3 Å². The molecule has 6 heteroatoms. The van der Waals surface area contributed by atoms with Crippen LogP contribution in [-0.2, 0) is 11.3 Å². The molecule has 0 radical (unpaired) electrons. The monoisotopic (exact) mass is 430 g/mol. The maximum atomic E-state index is 13.4. The van der Waals surface area contributed by atoms with Gasteiger partial charge in [-0.1, -0.05) is 84.4 Å². The molecule has 154 valence electrons. The Bertz CT molecular complexity index is 1270. The highest BCUT2D eigenvalue weighted by Gasteiger charge is 2.25. The largest absolute Gasteiger partial charge is 0.465 e. The average molecular weight is 431 g/mol. The van der Waals surface area contributed by atoms with Crippen molar-refractivity contribution >= 4 is 17.6 Å². The highest BCUT2D eigenvalue weighted by Crippen LogP contribution is 2.32. The topological polar surface area (TPSA) is 61.2 Å².